The van der Waals surface area contributed by atoms with Crippen LogP contribution in [-0.4, -0.2) is 63.9 Å². The fraction of sp³-hybridized carbons (Fsp3) is 0.344. The Hall–Kier alpha value is -4.49. The number of amides is 3. The first-order valence-corrected chi connectivity index (χ1v) is 14.9. The van der Waals surface area contributed by atoms with Gasteiger partial charge in [0, 0.05) is 50.9 Å². The van der Waals surface area contributed by atoms with E-state index in [1.807, 2.05) is 11.0 Å². The van der Waals surface area contributed by atoms with E-state index < -0.39 is 41.6 Å². The largest absolute Gasteiger partial charge is 0.416 e. The highest BCUT2D eigenvalue weighted by Gasteiger charge is 2.49. The minimum absolute atomic E-state index is 0.0624. The molecule has 1 fully saturated rings. The van der Waals surface area contributed by atoms with Crippen LogP contribution in [0, 0.1) is 12.8 Å². The maximum Gasteiger partial charge on any atom is 0.416 e. The number of aryl methyl sites for hydroxylation is 1. The van der Waals surface area contributed by atoms with Crippen molar-refractivity contribution >= 4 is 46.5 Å². The summed E-state index contributed by atoms with van der Waals surface area (Å²) >= 11 is 6.75. The normalized spacial score (nSPS) is 21.2. The van der Waals surface area contributed by atoms with E-state index in [0.717, 1.165) is 28.2 Å². The summed E-state index contributed by atoms with van der Waals surface area (Å²) in [7, 11) is 1.54. The molecule has 0 bridgehead atoms. The summed E-state index contributed by atoms with van der Waals surface area (Å²) in [6, 6.07) is 6.97. The molecule has 0 spiro atoms. The average Bonchev–Trinajstić information content (AvgIpc) is 3.54. The summed E-state index contributed by atoms with van der Waals surface area (Å²) in [6.45, 7) is 5.29. The number of hydrogen-bond acceptors (Lipinski definition) is 7. The van der Waals surface area contributed by atoms with Crippen LogP contribution in [0.4, 0.5) is 30.4 Å². The van der Waals surface area contributed by atoms with Gasteiger partial charge in [-0.2, -0.15) is 13.2 Å². The van der Waals surface area contributed by atoms with E-state index in [-0.39, 0.29) is 50.1 Å². The highest BCUT2D eigenvalue weighted by molar-refractivity contribution is 6.34. The maximum atomic E-state index is 14.1. The van der Waals surface area contributed by atoms with Crippen molar-refractivity contribution in [3.63, 3.8) is 0 Å². The summed E-state index contributed by atoms with van der Waals surface area (Å²) in [6.07, 6.45) is -1.94. The molecule has 1 unspecified atom stereocenters. The molecule has 2 aromatic heterocycles. The van der Waals surface area contributed by atoms with Gasteiger partial charge in [0.05, 0.1) is 40.3 Å². The fourth-order valence-electron chi connectivity index (χ4n) is 6.69. The van der Waals surface area contributed by atoms with Gasteiger partial charge in [-0.3, -0.25) is 24.3 Å². The minimum Gasteiger partial charge on any atom is -0.394 e. The summed E-state index contributed by atoms with van der Waals surface area (Å²) in [5, 5.41) is 10.3. The number of anilines is 3. The van der Waals surface area contributed by atoms with E-state index in [1.54, 1.807) is 31.4 Å². The number of carbonyl (C=O) groups excluding carboxylic acids is 3. The Labute approximate surface area is 267 Å². The third-order valence-corrected chi connectivity index (χ3v) is 9.03. The topological polar surface area (TPSA) is 110 Å². The number of aliphatic hydroxyl groups excluding tert-OH is 1. The SMILES string of the molecule is C=CC(=O)N1Cc2cc(CN3C[C@H]4CC(=O)N(c5cc(C(F)(F)F)cc(C)n5)[C@@H]4C(=O)N(C)c4cccc(Cl)c43)cnc2C1CO. The van der Waals surface area contributed by atoms with Gasteiger partial charge < -0.3 is 19.8 Å². The number of alkyl halides is 3. The lowest BCUT2D eigenvalue weighted by Crippen LogP contribution is -2.52. The molecule has 6 rings (SSSR count). The molecule has 240 valence electrons. The lowest BCUT2D eigenvalue weighted by molar-refractivity contribution is -0.137. The molecule has 14 heteroatoms. The molecule has 10 nitrogen and oxygen atoms in total. The van der Waals surface area contributed by atoms with Crippen LogP contribution in [-0.2, 0) is 33.6 Å². The van der Waals surface area contributed by atoms with Gasteiger partial charge in [0.25, 0.3) is 0 Å². The molecule has 0 radical (unpaired) electrons. The number of aromatic nitrogens is 2. The zero-order valence-electron chi connectivity index (χ0n) is 25.0. The molecular formula is C32H30ClF3N6O4. The Balaban J connectivity index is 1.40. The first kappa shape index (κ1) is 31.5. The zero-order valence-corrected chi connectivity index (χ0v) is 25.7. The summed E-state index contributed by atoms with van der Waals surface area (Å²) < 4.78 is 41.2. The van der Waals surface area contributed by atoms with E-state index in [1.165, 1.54) is 22.8 Å². The van der Waals surface area contributed by atoms with Crippen LogP contribution in [0.25, 0.3) is 0 Å². The van der Waals surface area contributed by atoms with Gasteiger partial charge in [0.15, 0.2) is 0 Å². The van der Waals surface area contributed by atoms with Gasteiger partial charge in [-0.1, -0.05) is 24.2 Å². The van der Waals surface area contributed by atoms with Crippen molar-refractivity contribution in [2.75, 3.05) is 34.9 Å². The second-order valence-electron chi connectivity index (χ2n) is 11.7. The Morgan fingerprint density at radius 2 is 1.98 bits per heavy atom. The van der Waals surface area contributed by atoms with E-state index in [2.05, 4.69) is 16.5 Å². The molecule has 3 aromatic rings. The van der Waals surface area contributed by atoms with Crippen LogP contribution >= 0.6 is 11.6 Å². The van der Waals surface area contributed by atoms with Crippen molar-refractivity contribution < 1.29 is 32.7 Å². The van der Waals surface area contributed by atoms with Gasteiger partial charge >= 0.3 is 6.18 Å². The third kappa shape index (κ3) is 5.36. The number of hydrogen-bond donors (Lipinski definition) is 1. The summed E-state index contributed by atoms with van der Waals surface area (Å²) in [5.41, 5.74) is 2.20. The number of benzene rings is 1. The molecule has 46 heavy (non-hydrogen) atoms. The Kier molecular flexibility index (Phi) is 8.01. The molecule has 0 saturated carbocycles. The molecule has 0 aliphatic carbocycles. The van der Waals surface area contributed by atoms with Crippen LogP contribution in [0.15, 0.2) is 55.3 Å². The van der Waals surface area contributed by atoms with Gasteiger partial charge in [-0.15, -0.1) is 0 Å². The second kappa shape index (κ2) is 11.7. The number of pyridine rings is 2. The number of rotatable bonds is 5. The number of halogens is 4. The lowest BCUT2D eigenvalue weighted by atomic mass is 9.95. The Morgan fingerprint density at radius 3 is 2.67 bits per heavy atom. The highest BCUT2D eigenvalue weighted by atomic mass is 35.5. The van der Waals surface area contributed by atoms with Crippen molar-refractivity contribution in [1.29, 1.82) is 0 Å². The third-order valence-electron chi connectivity index (χ3n) is 8.72. The van der Waals surface area contributed by atoms with Crippen LogP contribution < -0.4 is 14.7 Å². The van der Waals surface area contributed by atoms with Crippen LogP contribution in [0.1, 0.15) is 40.5 Å². The monoisotopic (exact) mass is 654 g/mol. The van der Waals surface area contributed by atoms with Crippen molar-refractivity contribution in [2.24, 2.45) is 5.92 Å². The molecular weight excluding hydrogens is 625 g/mol. The molecule has 3 amide bonds. The predicted molar refractivity (Wildman–Crippen MR) is 164 cm³/mol. The van der Waals surface area contributed by atoms with Crippen LogP contribution in [0.5, 0.6) is 0 Å². The van der Waals surface area contributed by atoms with Gasteiger partial charge in [-0.05, 0) is 54.5 Å². The summed E-state index contributed by atoms with van der Waals surface area (Å²) in [5.74, 6) is -2.17. The van der Waals surface area contributed by atoms with E-state index >= 15 is 0 Å². The smallest absolute Gasteiger partial charge is 0.394 e. The number of aliphatic hydroxyl groups is 1. The van der Waals surface area contributed by atoms with E-state index in [0.29, 0.717) is 22.1 Å². The Morgan fingerprint density at radius 1 is 1.22 bits per heavy atom. The van der Waals surface area contributed by atoms with Crippen molar-refractivity contribution in [1.82, 2.24) is 14.9 Å². The number of carbonyl (C=O) groups is 3. The summed E-state index contributed by atoms with van der Waals surface area (Å²) in [4.78, 5) is 54.7. The second-order valence-corrected chi connectivity index (χ2v) is 12.1. The van der Waals surface area contributed by atoms with Crippen molar-refractivity contribution in [3.8, 4) is 0 Å². The molecule has 1 N–H and O–H groups in total. The lowest BCUT2D eigenvalue weighted by Gasteiger charge is -2.39. The Bertz CT molecular complexity index is 1770. The van der Waals surface area contributed by atoms with Crippen molar-refractivity contribution in [3.05, 3.63) is 88.4 Å². The molecule has 5 heterocycles. The zero-order chi connectivity index (χ0) is 33.1. The number of fused-ring (bicyclic) bond motifs is 3. The molecule has 1 aromatic carbocycles. The highest BCUT2D eigenvalue weighted by Crippen LogP contribution is 2.44. The average molecular weight is 655 g/mol. The van der Waals surface area contributed by atoms with Crippen LogP contribution in [0.3, 0.4) is 0 Å². The van der Waals surface area contributed by atoms with Gasteiger partial charge in [0.2, 0.25) is 17.7 Å². The molecule has 1 saturated heterocycles. The molecule has 3 aliphatic heterocycles. The number of para-hydroxylation sites is 1. The maximum absolute atomic E-state index is 14.1. The number of likely N-dealkylation sites (N-methyl/N-ethyl adjacent to an activating group) is 1. The van der Waals surface area contributed by atoms with Crippen LogP contribution in [0.2, 0.25) is 5.02 Å². The van der Waals surface area contributed by atoms with Gasteiger partial charge in [0.1, 0.15) is 11.9 Å². The fourth-order valence-corrected chi connectivity index (χ4v) is 6.98. The van der Waals surface area contributed by atoms with E-state index in [9.17, 15) is 32.7 Å². The van der Waals surface area contributed by atoms with Crippen molar-refractivity contribution in [2.45, 2.75) is 44.7 Å². The first-order chi connectivity index (χ1) is 21.8. The standard InChI is InChI=1S/C32H30ClF3N6O4/c1-4-26(44)41-15-19-9-18(12-37-28(19)24(41)16-43)13-40-14-20-10-27(45)42(25-11-21(32(34,35)36)8-17(2)38-25)29(20)31(46)39(3)23-7-5-6-22(33)30(23)40/h4-9,11-12,20,24,29,43H,1,10,13-16H2,2-3H3/t20-,24?,29+/m1/s1. The predicted octanol–water partition coefficient (Wildman–Crippen LogP) is 4.42. The minimum atomic E-state index is -4.67. The molecule has 3 atom stereocenters. The molecule has 3 aliphatic rings. The van der Waals surface area contributed by atoms with E-state index in [4.69, 9.17) is 11.6 Å². The first-order valence-electron chi connectivity index (χ1n) is 14.5. The van der Waals surface area contributed by atoms with Gasteiger partial charge in [-0.25, -0.2) is 4.98 Å². The number of nitrogens with zero attached hydrogens (tertiary/aromatic N) is 6. The quantitative estimate of drug-likeness (QED) is 0.406.